The molecule has 1 aromatic heterocycles. The molecule has 8 nitrogen and oxygen atoms in total. The maximum atomic E-state index is 13.0. The van der Waals surface area contributed by atoms with Gasteiger partial charge in [-0.1, -0.05) is 35.3 Å². The van der Waals surface area contributed by atoms with Crippen LogP contribution < -0.4 is 15.5 Å². The Hall–Kier alpha value is -3.31. The zero-order chi connectivity index (χ0) is 26.8. The number of hydrogen-bond donors (Lipinski definition) is 2. The van der Waals surface area contributed by atoms with Crippen LogP contribution in [0.4, 0.5) is 17.1 Å². The number of carbonyl (C=O) groups excluding carboxylic acids is 1. The van der Waals surface area contributed by atoms with Crippen molar-refractivity contribution in [2.24, 2.45) is 0 Å². The highest BCUT2D eigenvalue weighted by molar-refractivity contribution is 7.80. The lowest BCUT2D eigenvalue weighted by Crippen LogP contribution is -2.34. The third-order valence-corrected chi connectivity index (χ3v) is 7.97. The molecule has 0 radical (unpaired) electrons. The van der Waals surface area contributed by atoms with E-state index < -0.39 is 10.8 Å². The van der Waals surface area contributed by atoms with E-state index in [2.05, 4.69) is 15.6 Å². The van der Waals surface area contributed by atoms with Crippen molar-refractivity contribution in [2.75, 3.05) is 23.3 Å². The Bertz CT molecular complexity index is 1540. The number of rotatable bonds is 5. The van der Waals surface area contributed by atoms with Gasteiger partial charge in [0.25, 0.3) is 11.6 Å². The number of nitro groups is 1. The van der Waals surface area contributed by atoms with Crippen LogP contribution in [-0.4, -0.2) is 34.0 Å². The fraction of sp³-hybridized carbons (Fsp3) is 0.192. The number of hydrogen-bond acceptors (Lipinski definition) is 7. The number of para-hydroxylation sites is 1. The molecule has 0 atom stereocenters. The standard InChI is InChI=1S/C26H21Cl2N5O3S2/c27-16-13-17(25-29-19-6-2-3-7-22(19)38-25)23(18(28)14-16)30-26(37)31-24(34)15-8-9-20(21(12-15)33(35)36)32-10-4-1-5-11-32/h2-3,6-9,12-14H,1,4-5,10-11H2,(H2,30,31,34,37). The van der Waals surface area contributed by atoms with E-state index in [4.69, 9.17) is 35.4 Å². The number of anilines is 2. The zero-order valence-corrected chi connectivity index (χ0v) is 23.0. The molecule has 12 heteroatoms. The molecule has 2 N–H and O–H groups in total. The van der Waals surface area contributed by atoms with Gasteiger partial charge < -0.3 is 10.2 Å². The van der Waals surface area contributed by atoms with Crippen LogP contribution in [0, 0.1) is 10.1 Å². The minimum absolute atomic E-state index is 0.0238. The maximum absolute atomic E-state index is 13.0. The molecule has 0 aliphatic carbocycles. The van der Waals surface area contributed by atoms with Crippen molar-refractivity contribution in [3.8, 4) is 10.6 Å². The summed E-state index contributed by atoms with van der Waals surface area (Å²) in [5.74, 6) is -0.581. The van der Waals surface area contributed by atoms with Crippen LogP contribution in [0.1, 0.15) is 29.6 Å². The molecule has 194 valence electrons. The van der Waals surface area contributed by atoms with Crippen LogP contribution in [0.2, 0.25) is 10.0 Å². The quantitative estimate of drug-likeness (QED) is 0.144. The first-order valence-corrected chi connectivity index (χ1v) is 13.8. The average molecular weight is 587 g/mol. The van der Waals surface area contributed by atoms with Crippen LogP contribution in [0.15, 0.2) is 54.6 Å². The van der Waals surface area contributed by atoms with E-state index in [1.54, 1.807) is 24.3 Å². The lowest BCUT2D eigenvalue weighted by molar-refractivity contribution is -0.384. The van der Waals surface area contributed by atoms with Crippen LogP contribution in [0.5, 0.6) is 0 Å². The molecule has 1 aliphatic rings. The lowest BCUT2D eigenvalue weighted by atomic mass is 10.1. The molecule has 0 bridgehead atoms. The predicted octanol–water partition coefficient (Wildman–Crippen LogP) is 7.30. The summed E-state index contributed by atoms with van der Waals surface area (Å²) in [4.78, 5) is 31.0. The van der Waals surface area contributed by atoms with Crippen molar-refractivity contribution in [3.63, 3.8) is 0 Å². The molecule has 38 heavy (non-hydrogen) atoms. The summed E-state index contributed by atoms with van der Waals surface area (Å²) in [6.07, 6.45) is 3.06. The molecule has 0 saturated carbocycles. The largest absolute Gasteiger partial charge is 0.366 e. The van der Waals surface area contributed by atoms with Crippen LogP contribution in [0.3, 0.4) is 0 Å². The van der Waals surface area contributed by atoms with Gasteiger partial charge in [0.05, 0.1) is 25.8 Å². The van der Waals surface area contributed by atoms with E-state index >= 15 is 0 Å². The van der Waals surface area contributed by atoms with Gasteiger partial charge in [-0.25, -0.2) is 4.98 Å². The van der Waals surface area contributed by atoms with E-state index in [1.165, 1.54) is 17.4 Å². The molecule has 1 amide bonds. The van der Waals surface area contributed by atoms with E-state index in [-0.39, 0.29) is 16.4 Å². The molecule has 3 aromatic carbocycles. The molecule has 2 heterocycles. The van der Waals surface area contributed by atoms with Crippen molar-refractivity contribution >= 4 is 85.1 Å². The summed E-state index contributed by atoms with van der Waals surface area (Å²) in [6, 6.07) is 15.5. The molecular weight excluding hydrogens is 565 g/mol. The number of thiocarbonyl (C=S) groups is 1. The Morgan fingerprint density at radius 2 is 1.84 bits per heavy atom. The van der Waals surface area contributed by atoms with Gasteiger partial charge >= 0.3 is 0 Å². The Balaban J connectivity index is 1.38. The molecule has 1 fully saturated rings. The minimum atomic E-state index is -0.581. The monoisotopic (exact) mass is 585 g/mol. The third kappa shape index (κ3) is 5.58. The van der Waals surface area contributed by atoms with Crippen molar-refractivity contribution in [2.45, 2.75) is 19.3 Å². The first-order chi connectivity index (χ1) is 18.3. The number of benzene rings is 3. The first kappa shape index (κ1) is 26.3. The Morgan fingerprint density at radius 3 is 2.58 bits per heavy atom. The summed E-state index contributed by atoms with van der Waals surface area (Å²) in [5, 5.41) is 18.7. The van der Waals surface area contributed by atoms with Crippen molar-refractivity contribution in [1.82, 2.24) is 10.3 Å². The Kier molecular flexibility index (Phi) is 7.75. The lowest BCUT2D eigenvalue weighted by Gasteiger charge is -2.28. The Morgan fingerprint density at radius 1 is 1.08 bits per heavy atom. The van der Waals surface area contributed by atoms with Gasteiger partial charge in [0.1, 0.15) is 10.7 Å². The number of amides is 1. The van der Waals surface area contributed by atoms with E-state index in [9.17, 15) is 14.9 Å². The first-order valence-electron chi connectivity index (χ1n) is 11.8. The number of nitrogens with zero attached hydrogens (tertiary/aromatic N) is 3. The maximum Gasteiger partial charge on any atom is 0.293 e. The highest BCUT2D eigenvalue weighted by Gasteiger charge is 2.24. The molecule has 4 aromatic rings. The minimum Gasteiger partial charge on any atom is -0.366 e. The summed E-state index contributed by atoms with van der Waals surface area (Å²) in [6.45, 7) is 1.50. The second-order valence-corrected chi connectivity index (χ2v) is 11.0. The van der Waals surface area contributed by atoms with Gasteiger partial charge in [-0.3, -0.25) is 20.2 Å². The number of thiazole rings is 1. The molecule has 0 unspecified atom stereocenters. The van der Waals surface area contributed by atoms with Crippen LogP contribution in [0.25, 0.3) is 20.8 Å². The number of halogens is 2. The van der Waals surface area contributed by atoms with Gasteiger partial charge in [-0.15, -0.1) is 11.3 Å². The number of piperidine rings is 1. The topological polar surface area (TPSA) is 100 Å². The summed E-state index contributed by atoms with van der Waals surface area (Å²) < 4.78 is 0.995. The summed E-state index contributed by atoms with van der Waals surface area (Å²) >= 11 is 19.7. The van der Waals surface area contributed by atoms with Crippen molar-refractivity contribution in [3.05, 3.63) is 80.3 Å². The zero-order valence-electron chi connectivity index (χ0n) is 19.9. The summed E-state index contributed by atoms with van der Waals surface area (Å²) in [7, 11) is 0. The smallest absolute Gasteiger partial charge is 0.293 e. The van der Waals surface area contributed by atoms with Gasteiger partial charge in [0.15, 0.2) is 5.11 Å². The van der Waals surface area contributed by atoms with Gasteiger partial charge in [0.2, 0.25) is 0 Å². The second kappa shape index (κ2) is 11.2. The van der Waals surface area contributed by atoms with Crippen molar-refractivity contribution < 1.29 is 9.72 Å². The van der Waals surface area contributed by atoms with Crippen LogP contribution >= 0.6 is 46.8 Å². The predicted molar refractivity (Wildman–Crippen MR) is 158 cm³/mol. The normalized spacial score (nSPS) is 13.4. The fourth-order valence-electron chi connectivity index (χ4n) is 4.39. The number of fused-ring (bicyclic) bond motifs is 1. The van der Waals surface area contributed by atoms with Gasteiger partial charge in [-0.05, 0) is 67.9 Å². The van der Waals surface area contributed by atoms with Crippen molar-refractivity contribution in [1.29, 1.82) is 0 Å². The highest BCUT2D eigenvalue weighted by Crippen LogP contribution is 2.40. The van der Waals surface area contributed by atoms with E-state index in [1.807, 2.05) is 29.2 Å². The van der Waals surface area contributed by atoms with Crippen LogP contribution in [-0.2, 0) is 0 Å². The number of nitro benzene ring substituents is 1. The Labute approximate surface area is 237 Å². The number of carbonyl (C=O) groups is 1. The third-order valence-electron chi connectivity index (χ3n) is 6.18. The van der Waals surface area contributed by atoms with E-state index in [0.717, 1.165) is 42.6 Å². The molecule has 1 saturated heterocycles. The van der Waals surface area contributed by atoms with E-state index in [0.29, 0.717) is 32.0 Å². The van der Waals surface area contributed by atoms with Gasteiger partial charge in [0, 0.05) is 35.3 Å². The summed E-state index contributed by atoms with van der Waals surface area (Å²) in [5.41, 5.74) is 2.42. The SMILES string of the molecule is O=C(NC(=S)Nc1c(Cl)cc(Cl)cc1-c1nc2ccccc2s1)c1ccc(N2CCCCC2)c([N+](=O)[O-])c1. The second-order valence-electron chi connectivity index (χ2n) is 8.71. The highest BCUT2D eigenvalue weighted by atomic mass is 35.5. The number of aromatic nitrogens is 1. The number of nitrogens with one attached hydrogen (secondary N) is 2. The molecule has 1 aliphatic heterocycles. The molecular formula is C26H21Cl2N5O3S2. The molecule has 5 rings (SSSR count). The van der Waals surface area contributed by atoms with Gasteiger partial charge in [-0.2, -0.15) is 0 Å². The fourth-order valence-corrected chi connectivity index (χ4v) is 6.11. The molecule has 0 spiro atoms. The average Bonchev–Trinajstić information content (AvgIpc) is 3.34.